The molecule has 0 N–H and O–H groups in total. The number of hydrogen-bond acceptors (Lipinski definition) is 3. The Hall–Kier alpha value is -0.570. The number of nitrogens with zero attached hydrogens (tertiary/aromatic N) is 1. The van der Waals surface area contributed by atoms with Crippen LogP contribution in [0.1, 0.15) is 85.0 Å². The van der Waals surface area contributed by atoms with E-state index < -0.39 is 0 Å². The van der Waals surface area contributed by atoms with Crippen LogP contribution < -0.4 is 0 Å². The predicted molar refractivity (Wildman–Crippen MR) is 85.7 cm³/mol. The van der Waals surface area contributed by atoms with E-state index in [1.165, 1.54) is 44.9 Å². The molecule has 0 amide bonds. The highest BCUT2D eigenvalue weighted by molar-refractivity contribution is 5.69. The fourth-order valence-corrected chi connectivity index (χ4v) is 2.22. The summed E-state index contributed by atoms with van der Waals surface area (Å²) < 4.78 is 5.24. The van der Waals surface area contributed by atoms with E-state index in [9.17, 15) is 4.79 Å². The molecule has 0 heterocycles. The molecule has 0 spiro atoms. The zero-order valence-electron chi connectivity index (χ0n) is 14.0. The minimum atomic E-state index is -0.0418. The monoisotopic (exact) mass is 285 g/mol. The van der Waals surface area contributed by atoms with Gasteiger partial charge in [-0.15, -0.1) is 0 Å². The second-order valence-electron chi connectivity index (χ2n) is 5.53. The number of rotatable bonds is 14. The lowest BCUT2D eigenvalue weighted by Gasteiger charge is -2.17. The van der Waals surface area contributed by atoms with Crippen molar-refractivity contribution in [2.75, 3.05) is 19.8 Å². The van der Waals surface area contributed by atoms with Crippen molar-refractivity contribution in [2.24, 2.45) is 0 Å². The van der Waals surface area contributed by atoms with Crippen LogP contribution in [-0.2, 0) is 9.53 Å². The summed E-state index contributed by atoms with van der Waals surface area (Å²) in [6.07, 6.45) is 12.1. The molecule has 0 aliphatic carbocycles. The van der Waals surface area contributed by atoms with Crippen LogP contribution in [0.25, 0.3) is 0 Å². The first-order valence-electron chi connectivity index (χ1n) is 8.62. The Labute approximate surface area is 126 Å². The van der Waals surface area contributed by atoms with E-state index in [4.69, 9.17) is 4.74 Å². The van der Waals surface area contributed by atoms with Gasteiger partial charge in [-0.3, -0.25) is 9.69 Å². The highest BCUT2D eigenvalue weighted by Gasteiger charge is 2.05. The predicted octanol–water partition coefficient (Wildman–Crippen LogP) is 4.75. The Kier molecular flexibility index (Phi) is 14.4. The number of ether oxygens (including phenoxy) is 1. The molecule has 20 heavy (non-hydrogen) atoms. The van der Waals surface area contributed by atoms with Crippen molar-refractivity contribution in [1.82, 2.24) is 4.90 Å². The average molecular weight is 285 g/mol. The van der Waals surface area contributed by atoms with Gasteiger partial charge >= 0.3 is 5.97 Å². The Morgan fingerprint density at radius 1 is 0.800 bits per heavy atom. The quantitative estimate of drug-likeness (QED) is 0.262. The van der Waals surface area contributed by atoms with Gasteiger partial charge in [-0.05, 0) is 19.5 Å². The molecule has 0 bridgehead atoms. The maximum absolute atomic E-state index is 11.5. The SMILES string of the molecule is CCCCCCCCCCCC(=O)OCN(CC)CC. The number of hydrogen-bond donors (Lipinski definition) is 0. The van der Waals surface area contributed by atoms with Crippen molar-refractivity contribution in [2.45, 2.75) is 85.0 Å². The summed E-state index contributed by atoms with van der Waals surface area (Å²) in [5.74, 6) is -0.0418. The summed E-state index contributed by atoms with van der Waals surface area (Å²) in [6.45, 7) is 8.72. The van der Waals surface area contributed by atoms with Crippen LogP contribution in [0.2, 0.25) is 0 Å². The minimum absolute atomic E-state index is 0.0418. The van der Waals surface area contributed by atoms with Crippen LogP contribution in [0, 0.1) is 0 Å². The van der Waals surface area contributed by atoms with Gasteiger partial charge in [-0.25, -0.2) is 0 Å². The van der Waals surface area contributed by atoms with Crippen LogP contribution in [-0.4, -0.2) is 30.7 Å². The lowest BCUT2D eigenvalue weighted by atomic mass is 10.1. The maximum Gasteiger partial charge on any atom is 0.307 e. The highest BCUT2D eigenvalue weighted by Crippen LogP contribution is 2.10. The fraction of sp³-hybridized carbons (Fsp3) is 0.941. The average Bonchev–Trinajstić information content (AvgIpc) is 2.46. The third-order valence-electron chi connectivity index (χ3n) is 3.79. The van der Waals surface area contributed by atoms with E-state index in [-0.39, 0.29) is 5.97 Å². The van der Waals surface area contributed by atoms with Crippen LogP contribution in [0.3, 0.4) is 0 Å². The lowest BCUT2D eigenvalue weighted by molar-refractivity contribution is -0.148. The van der Waals surface area contributed by atoms with Crippen molar-refractivity contribution in [3.63, 3.8) is 0 Å². The Balaban J connectivity index is 3.27. The summed E-state index contributed by atoms with van der Waals surface area (Å²) >= 11 is 0. The van der Waals surface area contributed by atoms with E-state index in [0.717, 1.165) is 25.9 Å². The summed E-state index contributed by atoms with van der Waals surface area (Å²) in [5, 5.41) is 0. The number of esters is 1. The molecule has 0 aliphatic rings. The Morgan fingerprint density at radius 2 is 1.30 bits per heavy atom. The normalized spacial score (nSPS) is 11.0. The second kappa shape index (κ2) is 14.8. The van der Waals surface area contributed by atoms with E-state index in [1.807, 2.05) is 0 Å². The molecule has 0 saturated heterocycles. The van der Waals surface area contributed by atoms with E-state index >= 15 is 0 Å². The van der Waals surface area contributed by atoms with Crippen molar-refractivity contribution in [3.05, 3.63) is 0 Å². The molecule has 0 saturated carbocycles. The molecule has 0 aromatic carbocycles. The zero-order chi connectivity index (χ0) is 15.1. The molecular formula is C17H35NO2. The van der Waals surface area contributed by atoms with Gasteiger partial charge in [0.2, 0.25) is 0 Å². The highest BCUT2D eigenvalue weighted by atomic mass is 16.5. The van der Waals surface area contributed by atoms with E-state index in [2.05, 4.69) is 25.7 Å². The minimum Gasteiger partial charge on any atom is -0.449 e. The van der Waals surface area contributed by atoms with Gasteiger partial charge in [0.05, 0.1) is 0 Å². The van der Waals surface area contributed by atoms with E-state index in [1.54, 1.807) is 0 Å². The van der Waals surface area contributed by atoms with Crippen LogP contribution >= 0.6 is 0 Å². The van der Waals surface area contributed by atoms with Gasteiger partial charge in [0, 0.05) is 6.42 Å². The zero-order valence-corrected chi connectivity index (χ0v) is 14.0. The summed E-state index contributed by atoms with van der Waals surface area (Å²) in [7, 11) is 0. The van der Waals surface area contributed by atoms with E-state index in [0.29, 0.717) is 13.2 Å². The second-order valence-corrected chi connectivity index (χ2v) is 5.53. The first-order chi connectivity index (χ1) is 9.74. The smallest absolute Gasteiger partial charge is 0.307 e. The molecule has 0 unspecified atom stereocenters. The van der Waals surface area contributed by atoms with Crippen molar-refractivity contribution in [3.8, 4) is 0 Å². The van der Waals surface area contributed by atoms with Crippen molar-refractivity contribution in [1.29, 1.82) is 0 Å². The van der Waals surface area contributed by atoms with Crippen molar-refractivity contribution >= 4 is 5.97 Å². The summed E-state index contributed by atoms with van der Waals surface area (Å²) in [5.41, 5.74) is 0. The number of unbranched alkanes of at least 4 members (excludes halogenated alkanes) is 8. The molecule has 0 fully saturated rings. The summed E-state index contributed by atoms with van der Waals surface area (Å²) in [4.78, 5) is 13.6. The Bertz CT molecular complexity index is 215. The van der Waals surface area contributed by atoms with Gasteiger partial charge < -0.3 is 4.74 Å². The molecule has 0 radical (unpaired) electrons. The van der Waals surface area contributed by atoms with Gasteiger partial charge in [-0.2, -0.15) is 0 Å². The van der Waals surface area contributed by atoms with Crippen LogP contribution in [0.5, 0.6) is 0 Å². The van der Waals surface area contributed by atoms with Crippen molar-refractivity contribution < 1.29 is 9.53 Å². The lowest BCUT2D eigenvalue weighted by Crippen LogP contribution is -2.27. The van der Waals surface area contributed by atoms with Crippen LogP contribution in [0.4, 0.5) is 0 Å². The number of carbonyl (C=O) groups is 1. The summed E-state index contributed by atoms with van der Waals surface area (Å²) in [6, 6.07) is 0. The molecule has 0 rings (SSSR count). The first-order valence-corrected chi connectivity index (χ1v) is 8.62. The molecule has 120 valence electrons. The molecule has 0 aromatic rings. The molecular weight excluding hydrogens is 250 g/mol. The third kappa shape index (κ3) is 12.5. The molecule has 3 heteroatoms. The third-order valence-corrected chi connectivity index (χ3v) is 3.79. The first kappa shape index (κ1) is 19.4. The molecule has 0 aliphatic heterocycles. The topological polar surface area (TPSA) is 29.5 Å². The fourth-order valence-electron chi connectivity index (χ4n) is 2.22. The Morgan fingerprint density at radius 3 is 1.80 bits per heavy atom. The molecule has 0 atom stereocenters. The van der Waals surface area contributed by atoms with Gasteiger partial charge in [0.15, 0.2) is 0 Å². The standard InChI is InChI=1S/C17H35NO2/c1-4-7-8-9-10-11-12-13-14-15-17(19)20-16-18(5-2)6-3/h4-16H2,1-3H3. The molecule has 0 aromatic heterocycles. The van der Waals surface area contributed by atoms with Gasteiger partial charge in [0.1, 0.15) is 6.73 Å². The maximum atomic E-state index is 11.5. The van der Waals surface area contributed by atoms with Crippen LogP contribution in [0.15, 0.2) is 0 Å². The number of carbonyl (C=O) groups excluding carboxylic acids is 1. The van der Waals surface area contributed by atoms with Gasteiger partial charge in [0.25, 0.3) is 0 Å². The van der Waals surface area contributed by atoms with Gasteiger partial charge in [-0.1, -0.05) is 72.1 Å². The largest absolute Gasteiger partial charge is 0.449 e. The molecule has 3 nitrogen and oxygen atoms in total.